The number of hydrogen-bond acceptors (Lipinski definition) is 4. The number of aromatic nitrogens is 2. The molecule has 0 amide bonds. The Hall–Kier alpha value is -0.900. The molecule has 4 heteroatoms. The molecule has 0 aliphatic carbocycles. The van der Waals surface area contributed by atoms with Gasteiger partial charge in [0.15, 0.2) is 5.82 Å². The number of hydrogen-bond donors (Lipinski definition) is 1. The first-order valence-electron chi connectivity index (χ1n) is 6.53. The lowest BCUT2D eigenvalue weighted by molar-refractivity contribution is 0.342. The largest absolute Gasteiger partial charge is 0.339 e. The summed E-state index contributed by atoms with van der Waals surface area (Å²) in [5, 5.41) is 7.50. The Balaban J connectivity index is 2.63. The average molecular weight is 239 g/mol. The zero-order valence-electron chi connectivity index (χ0n) is 11.7. The standard InChI is InChI=1S/C13H25N3O/c1-6-8-10(14-7-2)9-11-15-12(16-17-11)13(3,4)5/h10,14H,6-9H2,1-5H3. The van der Waals surface area contributed by atoms with E-state index in [-0.39, 0.29) is 5.41 Å². The Kier molecular flexibility index (Phi) is 5.12. The minimum absolute atomic E-state index is 0.0415. The minimum Gasteiger partial charge on any atom is -0.339 e. The molecule has 0 fully saturated rings. The van der Waals surface area contributed by atoms with Crippen LogP contribution in [0, 0.1) is 0 Å². The van der Waals surface area contributed by atoms with E-state index >= 15 is 0 Å². The highest BCUT2D eigenvalue weighted by Gasteiger charge is 2.21. The van der Waals surface area contributed by atoms with E-state index in [2.05, 4.69) is 50.1 Å². The van der Waals surface area contributed by atoms with Crippen LogP contribution in [0.5, 0.6) is 0 Å². The van der Waals surface area contributed by atoms with Gasteiger partial charge in [0.2, 0.25) is 5.89 Å². The van der Waals surface area contributed by atoms with Crippen LogP contribution >= 0.6 is 0 Å². The molecule has 1 aromatic heterocycles. The predicted molar refractivity (Wildman–Crippen MR) is 69.1 cm³/mol. The van der Waals surface area contributed by atoms with Gasteiger partial charge >= 0.3 is 0 Å². The van der Waals surface area contributed by atoms with Gasteiger partial charge in [-0.05, 0) is 13.0 Å². The van der Waals surface area contributed by atoms with Crippen LogP contribution in [0.2, 0.25) is 0 Å². The molecule has 1 heterocycles. The van der Waals surface area contributed by atoms with E-state index in [9.17, 15) is 0 Å². The molecule has 0 saturated heterocycles. The summed E-state index contributed by atoms with van der Waals surface area (Å²) in [7, 11) is 0. The molecule has 0 saturated carbocycles. The van der Waals surface area contributed by atoms with Gasteiger partial charge in [-0.25, -0.2) is 0 Å². The van der Waals surface area contributed by atoms with Gasteiger partial charge in [0.05, 0.1) is 0 Å². The van der Waals surface area contributed by atoms with Crippen LogP contribution in [0.1, 0.15) is 59.2 Å². The highest BCUT2D eigenvalue weighted by Crippen LogP contribution is 2.19. The molecule has 0 aliphatic rings. The summed E-state index contributed by atoms with van der Waals surface area (Å²) in [6.07, 6.45) is 3.13. The van der Waals surface area contributed by atoms with Crippen LogP contribution in [0.15, 0.2) is 4.52 Å². The molecular formula is C13H25N3O. The molecule has 1 unspecified atom stereocenters. The van der Waals surface area contributed by atoms with E-state index in [0.717, 1.165) is 37.5 Å². The summed E-state index contributed by atoms with van der Waals surface area (Å²) in [5.74, 6) is 1.54. The summed E-state index contributed by atoms with van der Waals surface area (Å²) in [5.41, 5.74) is -0.0415. The zero-order valence-corrected chi connectivity index (χ0v) is 11.7. The molecule has 4 nitrogen and oxygen atoms in total. The van der Waals surface area contributed by atoms with E-state index in [1.165, 1.54) is 0 Å². The number of nitrogens with one attached hydrogen (secondary N) is 1. The first-order chi connectivity index (χ1) is 7.97. The van der Waals surface area contributed by atoms with Crippen molar-refractivity contribution in [3.05, 3.63) is 11.7 Å². The number of likely N-dealkylation sites (N-methyl/N-ethyl adjacent to an activating group) is 1. The quantitative estimate of drug-likeness (QED) is 0.829. The van der Waals surface area contributed by atoms with Gasteiger partial charge in [-0.1, -0.05) is 46.2 Å². The van der Waals surface area contributed by atoms with Crippen molar-refractivity contribution < 1.29 is 4.52 Å². The molecule has 0 aromatic carbocycles. The normalized spacial score (nSPS) is 13.9. The Morgan fingerprint density at radius 2 is 2.00 bits per heavy atom. The lowest BCUT2D eigenvalue weighted by atomic mass is 9.96. The molecule has 1 atom stereocenters. The van der Waals surface area contributed by atoms with Gasteiger partial charge in [-0.15, -0.1) is 0 Å². The molecule has 0 radical (unpaired) electrons. The monoisotopic (exact) mass is 239 g/mol. The molecule has 17 heavy (non-hydrogen) atoms. The highest BCUT2D eigenvalue weighted by molar-refractivity contribution is 5.00. The van der Waals surface area contributed by atoms with Gasteiger partial charge in [-0.2, -0.15) is 4.98 Å². The van der Waals surface area contributed by atoms with E-state index in [1.807, 2.05) is 0 Å². The van der Waals surface area contributed by atoms with E-state index < -0.39 is 0 Å². The maximum absolute atomic E-state index is 5.31. The van der Waals surface area contributed by atoms with Crippen LogP contribution in [-0.4, -0.2) is 22.7 Å². The highest BCUT2D eigenvalue weighted by atomic mass is 16.5. The van der Waals surface area contributed by atoms with Crippen molar-refractivity contribution in [2.45, 2.75) is 65.3 Å². The van der Waals surface area contributed by atoms with Crippen LogP contribution in [0.4, 0.5) is 0 Å². The molecular weight excluding hydrogens is 214 g/mol. The molecule has 1 aromatic rings. The van der Waals surface area contributed by atoms with Crippen LogP contribution in [0.3, 0.4) is 0 Å². The van der Waals surface area contributed by atoms with Crippen LogP contribution < -0.4 is 5.32 Å². The van der Waals surface area contributed by atoms with E-state index in [4.69, 9.17) is 4.52 Å². The summed E-state index contributed by atoms with van der Waals surface area (Å²) in [6.45, 7) is 11.6. The fourth-order valence-electron chi connectivity index (χ4n) is 1.77. The Labute approximate surface area is 104 Å². The van der Waals surface area contributed by atoms with E-state index in [1.54, 1.807) is 0 Å². The fraction of sp³-hybridized carbons (Fsp3) is 0.846. The summed E-state index contributed by atoms with van der Waals surface area (Å²) in [6, 6.07) is 0.443. The first kappa shape index (κ1) is 14.2. The molecule has 0 bridgehead atoms. The summed E-state index contributed by atoms with van der Waals surface area (Å²) in [4.78, 5) is 4.47. The Morgan fingerprint density at radius 1 is 1.29 bits per heavy atom. The SMILES string of the molecule is CCCC(Cc1nc(C(C)(C)C)no1)NCC. The third-order valence-electron chi connectivity index (χ3n) is 2.69. The van der Waals surface area contributed by atoms with Gasteiger partial charge < -0.3 is 9.84 Å². The van der Waals surface area contributed by atoms with Crippen molar-refractivity contribution in [3.8, 4) is 0 Å². The van der Waals surface area contributed by atoms with Crippen molar-refractivity contribution in [1.82, 2.24) is 15.5 Å². The zero-order chi connectivity index (χ0) is 12.9. The fourth-order valence-corrected chi connectivity index (χ4v) is 1.77. The summed E-state index contributed by atoms with van der Waals surface area (Å²) >= 11 is 0. The molecule has 0 spiro atoms. The van der Waals surface area contributed by atoms with Crippen LogP contribution in [0.25, 0.3) is 0 Å². The molecule has 1 rings (SSSR count). The third kappa shape index (κ3) is 4.46. The summed E-state index contributed by atoms with van der Waals surface area (Å²) < 4.78 is 5.31. The number of rotatable bonds is 6. The first-order valence-corrected chi connectivity index (χ1v) is 6.53. The van der Waals surface area contributed by atoms with Gasteiger partial charge in [0, 0.05) is 17.9 Å². The second-order valence-electron chi connectivity index (χ2n) is 5.51. The van der Waals surface area contributed by atoms with Gasteiger partial charge in [0.25, 0.3) is 0 Å². The second-order valence-corrected chi connectivity index (χ2v) is 5.51. The smallest absolute Gasteiger partial charge is 0.228 e. The Morgan fingerprint density at radius 3 is 2.47 bits per heavy atom. The third-order valence-corrected chi connectivity index (χ3v) is 2.69. The Bertz CT molecular complexity index is 322. The topological polar surface area (TPSA) is 51.0 Å². The van der Waals surface area contributed by atoms with Gasteiger partial charge in [0.1, 0.15) is 0 Å². The minimum atomic E-state index is -0.0415. The average Bonchev–Trinajstić information content (AvgIpc) is 2.66. The van der Waals surface area contributed by atoms with Crippen molar-refractivity contribution in [3.63, 3.8) is 0 Å². The van der Waals surface area contributed by atoms with Crippen molar-refractivity contribution in [2.24, 2.45) is 0 Å². The van der Waals surface area contributed by atoms with Gasteiger partial charge in [-0.3, -0.25) is 0 Å². The number of nitrogens with zero attached hydrogens (tertiary/aromatic N) is 2. The van der Waals surface area contributed by atoms with Crippen LogP contribution in [-0.2, 0) is 11.8 Å². The second kappa shape index (κ2) is 6.15. The lowest BCUT2D eigenvalue weighted by Crippen LogP contribution is -2.30. The van der Waals surface area contributed by atoms with Crippen molar-refractivity contribution >= 4 is 0 Å². The predicted octanol–water partition coefficient (Wildman–Crippen LogP) is 2.69. The maximum Gasteiger partial charge on any atom is 0.228 e. The lowest BCUT2D eigenvalue weighted by Gasteiger charge is -2.14. The molecule has 98 valence electrons. The maximum atomic E-state index is 5.31. The molecule has 1 N–H and O–H groups in total. The van der Waals surface area contributed by atoms with E-state index in [0.29, 0.717) is 6.04 Å². The van der Waals surface area contributed by atoms with Crippen molar-refractivity contribution in [2.75, 3.05) is 6.54 Å². The molecule has 0 aliphatic heterocycles. The van der Waals surface area contributed by atoms with Crippen molar-refractivity contribution in [1.29, 1.82) is 0 Å².